The molecule has 0 spiro atoms. The minimum absolute atomic E-state index is 0.0137. The Balaban J connectivity index is 2.41. The predicted octanol–water partition coefficient (Wildman–Crippen LogP) is 0.215. The maximum absolute atomic E-state index is 8.43. The Labute approximate surface area is 82.4 Å². The summed E-state index contributed by atoms with van der Waals surface area (Å²) in [6, 6.07) is 0. The summed E-state index contributed by atoms with van der Waals surface area (Å²) in [6.07, 6.45) is 3.58. The molecule has 1 atom stereocenters. The van der Waals surface area contributed by atoms with Crippen molar-refractivity contribution in [1.82, 2.24) is 9.78 Å². The molecule has 14 heavy (non-hydrogen) atoms. The molecule has 0 amide bonds. The van der Waals surface area contributed by atoms with Crippen LogP contribution in [0.1, 0.15) is 6.92 Å². The number of nitrogens with two attached hydrogens (primary N) is 1. The van der Waals surface area contributed by atoms with Crippen LogP contribution in [0.2, 0.25) is 0 Å². The number of oxime groups is 1. The Morgan fingerprint density at radius 3 is 3.07 bits per heavy atom. The van der Waals surface area contributed by atoms with Gasteiger partial charge in [-0.15, -0.1) is 0 Å². The minimum atomic E-state index is -0.0137. The van der Waals surface area contributed by atoms with Crippen LogP contribution in [-0.4, -0.2) is 27.4 Å². The summed E-state index contributed by atoms with van der Waals surface area (Å²) in [7, 11) is 1.85. The van der Waals surface area contributed by atoms with E-state index in [0.29, 0.717) is 6.54 Å². The first-order chi connectivity index (χ1) is 6.63. The van der Waals surface area contributed by atoms with E-state index in [0.717, 1.165) is 5.69 Å². The first-order valence-electron chi connectivity index (χ1n) is 4.33. The molecule has 0 saturated carbocycles. The Kier molecular flexibility index (Phi) is 3.33. The summed E-state index contributed by atoms with van der Waals surface area (Å²) >= 11 is 0. The summed E-state index contributed by atoms with van der Waals surface area (Å²) in [5.74, 6) is 0.210. The zero-order chi connectivity index (χ0) is 10.6. The molecular weight excluding hydrogens is 182 g/mol. The van der Waals surface area contributed by atoms with E-state index in [9.17, 15) is 0 Å². The van der Waals surface area contributed by atoms with Gasteiger partial charge in [-0.1, -0.05) is 12.1 Å². The van der Waals surface area contributed by atoms with Gasteiger partial charge in [0.1, 0.15) is 5.84 Å². The van der Waals surface area contributed by atoms with Crippen molar-refractivity contribution in [2.45, 2.75) is 6.92 Å². The van der Waals surface area contributed by atoms with Crippen molar-refractivity contribution in [2.75, 3.05) is 11.9 Å². The van der Waals surface area contributed by atoms with Gasteiger partial charge in [-0.05, 0) is 0 Å². The van der Waals surface area contributed by atoms with Crippen molar-refractivity contribution >= 4 is 11.5 Å². The zero-order valence-corrected chi connectivity index (χ0v) is 8.31. The molecule has 1 unspecified atom stereocenters. The second-order valence-corrected chi connectivity index (χ2v) is 3.21. The van der Waals surface area contributed by atoms with Crippen LogP contribution < -0.4 is 11.1 Å². The van der Waals surface area contributed by atoms with E-state index < -0.39 is 0 Å². The molecular formula is C8H15N5O. The third-order valence-corrected chi connectivity index (χ3v) is 1.94. The van der Waals surface area contributed by atoms with Crippen LogP contribution in [0.4, 0.5) is 5.69 Å². The number of nitrogens with one attached hydrogen (secondary N) is 1. The van der Waals surface area contributed by atoms with E-state index >= 15 is 0 Å². The average Bonchev–Trinajstić information content (AvgIpc) is 2.59. The van der Waals surface area contributed by atoms with E-state index in [2.05, 4.69) is 15.6 Å². The zero-order valence-electron chi connectivity index (χ0n) is 8.31. The number of hydrogen-bond donors (Lipinski definition) is 3. The molecule has 0 aliphatic rings. The molecule has 78 valence electrons. The second-order valence-electron chi connectivity index (χ2n) is 3.21. The molecule has 0 aromatic carbocycles. The molecule has 0 aliphatic heterocycles. The number of hydrogen-bond acceptors (Lipinski definition) is 4. The van der Waals surface area contributed by atoms with Crippen molar-refractivity contribution in [1.29, 1.82) is 0 Å². The number of aryl methyl sites for hydroxylation is 1. The molecule has 1 heterocycles. The molecule has 0 aliphatic carbocycles. The van der Waals surface area contributed by atoms with Gasteiger partial charge in [0.25, 0.3) is 0 Å². The lowest BCUT2D eigenvalue weighted by Crippen LogP contribution is -2.27. The first kappa shape index (κ1) is 10.4. The lowest BCUT2D eigenvalue weighted by molar-refractivity contribution is 0.315. The highest BCUT2D eigenvalue weighted by atomic mass is 16.4. The quantitative estimate of drug-likeness (QED) is 0.279. The number of anilines is 1. The maximum Gasteiger partial charge on any atom is 0.143 e. The molecule has 0 saturated heterocycles. The molecule has 6 nitrogen and oxygen atoms in total. The Morgan fingerprint density at radius 1 is 1.86 bits per heavy atom. The molecule has 0 bridgehead atoms. The average molecular weight is 197 g/mol. The molecule has 0 fully saturated rings. The fourth-order valence-corrected chi connectivity index (χ4v) is 0.987. The topological polar surface area (TPSA) is 88.5 Å². The maximum atomic E-state index is 8.43. The van der Waals surface area contributed by atoms with Gasteiger partial charge in [0.05, 0.1) is 11.9 Å². The third kappa shape index (κ3) is 2.65. The first-order valence-corrected chi connectivity index (χ1v) is 4.33. The van der Waals surface area contributed by atoms with E-state index in [4.69, 9.17) is 10.9 Å². The monoisotopic (exact) mass is 197 g/mol. The van der Waals surface area contributed by atoms with Crippen molar-refractivity contribution in [3.63, 3.8) is 0 Å². The highest BCUT2D eigenvalue weighted by molar-refractivity contribution is 5.82. The summed E-state index contributed by atoms with van der Waals surface area (Å²) in [6.45, 7) is 2.49. The third-order valence-electron chi connectivity index (χ3n) is 1.94. The van der Waals surface area contributed by atoms with Gasteiger partial charge >= 0.3 is 0 Å². The fraction of sp³-hybridized carbons (Fsp3) is 0.500. The fourth-order valence-electron chi connectivity index (χ4n) is 0.987. The van der Waals surface area contributed by atoms with Gasteiger partial charge in [-0.3, -0.25) is 4.68 Å². The Hall–Kier alpha value is -1.72. The highest BCUT2D eigenvalue weighted by Gasteiger charge is 2.07. The number of aromatic nitrogens is 2. The van der Waals surface area contributed by atoms with E-state index in [-0.39, 0.29) is 11.8 Å². The van der Waals surface area contributed by atoms with Crippen LogP contribution in [-0.2, 0) is 7.05 Å². The Bertz CT molecular complexity index is 319. The highest BCUT2D eigenvalue weighted by Crippen LogP contribution is 2.04. The second kappa shape index (κ2) is 4.50. The molecule has 4 N–H and O–H groups in total. The van der Waals surface area contributed by atoms with Crippen molar-refractivity contribution in [2.24, 2.45) is 23.9 Å². The number of nitrogens with zero attached hydrogens (tertiary/aromatic N) is 3. The molecule has 0 radical (unpaired) electrons. The number of amidine groups is 1. The lowest BCUT2D eigenvalue weighted by atomic mass is 10.1. The predicted molar refractivity (Wildman–Crippen MR) is 54.3 cm³/mol. The van der Waals surface area contributed by atoms with Gasteiger partial charge in [-0.2, -0.15) is 5.10 Å². The number of rotatable bonds is 4. The van der Waals surface area contributed by atoms with Crippen LogP contribution in [0.25, 0.3) is 0 Å². The van der Waals surface area contributed by atoms with E-state index in [1.165, 1.54) is 0 Å². The van der Waals surface area contributed by atoms with Gasteiger partial charge in [0, 0.05) is 25.7 Å². The molecule has 1 rings (SSSR count). The van der Waals surface area contributed by atoms with Crippen LogP contribution in [0.5, 0.6) is 0 Å². The van der Waals surface area contributed by atoms with Crippen LogP contribution >= 0.6 is 0 Å². The molecule has 6 heteroatoms. The molecule has 1 aromatic rings. The van der Waals surface area contributed by atoms with Crippen molar-refractivity contribution in [3.05, 3.63) is 12.4 Å². The van der Waals surface area contributed by atoms with Crippen LogP contribution in [0.15, 0.2) is 17.5 Å². The largest absolute Gasteiger partial charge is 0.409 e. The summed E-state index contributed by atoms with van der Waals surface area (Å²) in [4.78, 5) is 0. The molecule has 1 aromatic heterocycles. The normalized spacial score (nSPS) is 14.0. The summed E-state index contributed by atoms with van der Waals surface area (Å²) in [5.41, 5.74) is 6.35. The van der Waals surface area contributed by atoms with Gasteiger partial charge < -0.3 is 16.3 Å². The van der Waals surface area contributed by atoms with E-state index in [1.54, 1.807) is 10.9 Å². The minimum Gasteiger partial charge on any atom is -0.409 e. The summed E-state index contributed by atoms with van der Waals surface area (Å²) < 4.78 is 1.70. The summed E-state index contributed by atoms with van der Waals surface area (Å²) in [5, 5.41) is 18.5. The van der Waals surface area contributed by atoms with Crippen LogP contribution in [0.3, 0.4) is 0 Å². The van der Waals surface area contributed by atoms with Crippen molar-refractivity contribution in [3.8, 4) is 0 Å². The lowest BCUT2D eigenvalue weighted by Gasteiger charge is -2.09. The SMILES string of the molecule is CC(CNc1cnn(C)c1)C(N)=NO. The van der Waals surface area contributed by atoms with Crippen molar-refractivity contribution < 1.29 is 5.21 Å². The Morgan fingerprint density at radius 2 is 2.57 bits per heavy atom. The van der Waals surface area contributed by atoms with Gasteiger partial charge in [0.15, 0.2) is 0 Å². The van der Waals surface area contributed by atoms with Gasteiger partial charge in [-0.25, -0.2) is 0 Å². The smallest absolute Gasteiger partial charge is 0.143 e. The van der Waals surface area contributed by atoms with Gasteiger partial charge in [0.2, 0.25) is 0 Å². The van der Waals surface area contributed by atoms with E-state index in [1.807, 2.05) is 20.2 Å². The standard InChI is InChI=1S/C8H15N5O/c1-6(8(9)12-14)3-10-7-4-11-13(2)5-7/h4-6,10,14H,3H2,1-2H3,(H2,9,12). The van der Waals surface area contributed by atoms with Crippen LogP contribution in [0, 0.1) is 5.92 Å².